The molecule has 12 heteroatoms. The Labute approximate surface area is 234 Å². The van der Waals surface area contributed by atoms with E-state index in [4.69, 9.17) is 0 Å². The number of aryl methyl sites for hydroxylation is 2. The van der Waals surface area contributed by atoms with Crippen LogP contribution in [0.3, 0.4) is 0 Å². The number of benzene rings is 2. The van der Waals surface area contributed by atoms with Crippen LogP contribution in [0.2, 0.25) is 0 Å². The van der Waals surface area contributed by atoms with Gasteiger partial charge in [-0.25, -0.2) is 4.68 Å². The number of nitrogens with zero attached hydrogens (tertiary/aromatic N) is 6. The first-order chi connectivity index (χ1) is 19.6. The maximum absolute atomic E-state index is 13.7. The molecule has 0 saturated heterocycles. The van der Waals surface area contributed by atoms with Gasteiger partial charge in [0, 0.05) is 54.2 Å². The van der Waals surface area contributed by atoms with E-state index in [0.29, 0.717) is 24.3 Å². The maximum atomic E-state index is 13.7. The molecule has 0 radical (unpaired) electrons. The van der Waals surface area contributed by atoms with E-state index >= 15 is 0 Å². The molecule has 9 nitrogen and oxygen atoms in total. The number of amides is 1. The van der Waals surface area contributed by atoms with Gasteiger partial charge in [0.15, 0.2) is 0 Å². The van der Waals surface area contributed by atoms with Crippen molar-refractivity contribution >= 4 is 17.3 Å². The summed E-state index contributed by atoms with van der Waals surface area (Å²) in [4.78, 5) is 17.1. The zero-order chi connectivity index (χ0) is 29.1. The summed E-state index contributed by atoms with van der Waals surface area (Å²) in [7, 11) is 1.83. The lowest BCUT2D eigenvalue weighted by molar-refractivity contribution is -0.137. The smallest absolute Gasteiger partial charge is 0.385 e. The number of hydrogen-bond donors (Lipinski definition) is 2. The molecule has 0 bridgehead atoms. The van der Waals surface area contributed by atoms with Crippen LogP contribution >= 0.6 is 0 Å². The van der Waals surface area contributed by atoms with Gasteiger partial charge in [-0.15, -0.1) is 5.10 Å². The normalized spacial score (nSPS) is 11.5. The Kier molecular flexibility index (Phi) is 7.56. The highest BCUT2D eigenvalue weighted by Gasteiger charge is 2.31. The van der Waals surface area contributed by atoms with Crippen molar-refractivity contribution in [3.63, 3.8) is 0 Å². The predicted molar refractivity (Wildman–Crippen MR) is 149 cm³/mol. The number of carbonyl (C=O) groups excluding carboxylic acids is 1. The molecule has 3 heterocycles. The van der Waals surface area contributed by atoms with Crippen LogP contribution in [0.1, 0.15) is 32.7 Å². The van der Waals surface area contributed by atoms with Crippen LogP contribution < -0.4 is 10.6 Å². The van der Waals surface area contributed by atoms with E-state index in [0.717, 1.165) is 34.5 Å². The molecule has 5 rings (SSSR count). The molecule has 0 aliphatic heterocycles. The topological polar surface area (TPSA) is 103 Å². The quantitative estimate of drug-likeness (QED) is 0.256. The van der Waals surface area contributed by atoms with Crippen LogP contribution in [0.25, 0.3) is 16.9 Å². The van der Waals surface area contributed by atoms with E-state index in [1.54, 1.807) is 52.4 Å². The van der Waals surface area contributed by atoms with Gasteiger partial charge in [-0.1, -0.05) is 11.3 Å². The van der Waals surface area contributed by atoms with Gasteiger partial charge in [0.05, 0.1) is 23.6 Å². The molecule has 0 saturated carbocycles. The summed E-state index contributed by atoms with van der Waals surface area (Å²) in [6.07, 6.45) is 2.77. The summed E-state index contributed by atoms with van der Waals surface area (Å²) >= 11 is 0. The van der Waals surface area contributed by atoms with Gasteiger partial charge in [0.2, 0.25) is 0 Å². The molecule has 3 aromatic heterocycles. The van der Waals surface area contributed by atoms with Crippen LogP contribution in [0.5, 0.6) is 0 Å². The fourth-order valence-corrected chi connectivity index (χ4v) is 4.32. The number of rotatable bonds is 8. The van der Waals surface area contributed by atoms with Crippen molar-refractivity contribution in [3.05, 3.63) is 101 Å². The zero-order valence-corrected chi connectivity index (χ0v) is 22.6. The third kappa shape index (κ3) is 6.26. The van der Waals surface area contributed by atoms with Crippen LogP contribution in [-0.4, -0.2) is 42.2 Å². The number of alkyl halides is 3. The molecule has 2 N–H and O–H groups in total. The molecular formula is C29H27F3N8O. The van der Waals surface area contributed by atoms with Crippen molar-refractivity contribution < 1.29 is 18.0 Å². The first-order valence-electron chi connectivity index (χ1n) is 12.8. The molecule has 2 aromatic carbocycles. The molecule has 5 aromatic rings. The molecule has 0 aliphatic rings. The minimum atomic E-state index is -4.59. The fourth-order valence-electron chi connectivity index (χ4n) is 4.32. The summed E-state index contributed by atoms with van der Waals surface area (Å²) in [6, 6.07) is 12.1. The van der Waals surface area contributed by atoms with Crippen LogP contribution in [0.15, 0.2) is 73.3 Å². The third-order valence-electron chi connectivity index (χ3n) is 6.73. The van der Waals surface area contributed by atoms with E-state index < -0.39 is 17.6 Å². The van der Waals surface area contributed by atoms with Crippen molar-refractivity contribution in [1.82, 2.24) is 29.8 Å². The molecule has 41 heavy (non-hydrogen) atoms. The van der Waals surface area contributed by atoms with E-state index in [9.17, 15) is 18.0 Å². The lowest BCUT2D eigenvalue weighted by Gasteiger charge is -2.15. The third-order valence-corrected chi connectivity index (χ3v) is 6.73. The second-order valence-electron chi connectivity index (χ2n) is 9.60. The van der Waals surface area contributed by atoms with Crippen molar-refractivity contribution in [2.45, 2.75) is 26.4 Å². The summed E-state index contributed by atoms with van der Waals surface area (Å²) in [6.45, 7) is 4.19. The van der Waals surface area contributed by atoms with Crippen LogP contribution in [0.4, 0.5) is 24.5 Å². The zero-order valence-electron chi connectivity index (χ0n) is 22.6. The largest absolute Gasteiger partial charge is 0.416 e. The molecule has 0 unspecified atom stereocenters. The molecule has 0 aliphatic carbocycles. The first kappa shape index (κ1) is 27.6. The molecule has 0 spiro atoms. The SMILES string of the molecule is Cc1ccc(C(=O)Nc2cc(NCCc3ccncc3)cc(C(F)(F)F)c2)cc1-n1cc(-c2cnn(C)c2C)nn1. The Morgan fingerprint density at radius 3 is 2.46 bits per heavy atom. The second kappa shape index (κ2) is 11.2. The average molecular weight is 561 g/mol. The number of hydrogen-bond acceptors (Lipinski definition) is 6. The Balaban J connectivity index is 1.36. The monoisotopic (exact) mass is 560 g/mol. The van der Waals surface area contributed by atoms with E-state index in [1.807, 2.05) is 33.0 Å². The molecule has 0 atom stereocenters. The van der Waals surface area contributed by atoms with Crippen molar-refractivity contribution in [2.75, 3.05) is 17.2 Å². The Morgan fingerprint density at radius 1 is 1.00 bits per heavy atom. The summed E-state index contributed by atoms with van der Waals surface area (Å²) in [5, 5.41) is 18.3. The van der Waals surface area contributed by atoms with Gasteiger partial charge in [-0.3, -0.25) is 14.5 Å². The minimum Gasteiger partial charge on any atom is -0.385 e. The van der Waals surface area contributed by atoms with Gasteiger partial charge in [0.1, 0.15) is 5.69 Å². The van der Waals surface area contributed by atoms with Gasteiger partial charge >= 0.3 is 6.18 Å². The maximum Gasteiger partial charge on any atom is 0.416 e. The fraction of sp³-hybridized carbons (Fsp3) is 0.207. The van der Waals surface area contributed by atoms with Crippen molar-refractivity contribution in [3.8, 4) is 16.9 Å². The summed E-state index contributed by atoms with van der Waals surface area (Å²) in [5.41, 5.74) is 4.48. The predicted octanol–water partition coefficient (Wildman–Crippen LogP) is 5.61. The number of halogens is 3. The highest BCUT2D eigenvalue weighted by Crippen LogP contribution is 2.34. The van der Waals surface area contributed by atoms with Crippen molar-refractivity contribution in [2.24, 2.45) is 7.05 Å². The standard InChI is InChI=1S/C29H27F3N8O/c1-18-4-5-21(12-27(18)40-17-26(37-38-40)25-16-35-39(3)19(25)2)28(41)36-24-14-22(29(30,31)32)13-23(15-24)34-11-8-20-6-9-33-10-7-20/h4-7,9-10,12-17,34H,8,11H2,1-3H3,(H,36,41). The Morgan fingerprint density at radius 2 is 1.76 bits per heavy atom. The molecule has 0 fully saturated rings. The van der Waals surface area contributed by atoms with Crippen molar-refractivity contribution in [1.29, 1.82) is 0 Å². The van der Waals surface area contributed by atoms with Crippen LogP contribution in [-0.2, 0) is 19.6 Å². The molecule has 1 amide bonds. The number of nitrogens with one attached hydrogen (secondary N) is 2. The second-order valence-corrected chi connectivity index (χ2v) is 9.60. The minimum absolute atomic E-state index is 0.0217. The average Bonchev–Trinajstić information content (AvgIpc) is 3.55. The highest BCUT2D eigenvalue weighted by atomic mass is 19.4. The Bertz CT molecular complexity index is 1690. The lowest BCUT2D eigenvalue weighted by atomic mass is 10.1. The Hall–Kier alpha value is -5.00. The number of pyridine rings is 1. The molecular weight excluding hydrogens is 533 g/mol. The van der Waals surface area contributed by atoms with Crippen LogP contribution in [0, 0.1) is 13.8 Å². The molecule has 210 valence electrons. The summed E-state index contributed by atoms with van der Waals surface area (Å²) in [5.74, 6) is -0.559. The highest BCUT2D eigenvalue weighted by molar-refractivity contribution is 6.05. The lowest BCUT2D eigenvalue weighted by Crippen LogP contribution is -2.15. The van der Waals surface area contributed by atoms with E-state index in [2.05, 4.69) is 31.0 Å². The van der Waals surface area contributed by atoms with E-state index in [-0.39, 0.29) is 16.9 Å². The number of aromatic nitrogens is 6. The van der Waals surface area contributed by atoms with Gasteiger partial charge in [0.25, 0.3) is 5.91 Å². The number of anilines is 2. The van der Waals surface area contributed by atoms with Gasteiger partial charge in [-0.2, -0.15) is 18.3 Å². The first-order valence-corrected chi connectivity index (χ1v) is 12.8. The van der Waals surface area contributed by atoms with Gasteiger partial charge in [-0.05, 0) is 73.9 Å². The van der Waals surface area contributed by atoms with Gasteiger partial charge < -0.3 is 10.6 Å². The number of carbonyl (C=O) groups is 1. The summed E-state index contributed by atoms with van der Waals surface area (Å²) < 4.78 is 44.3. The van der Waals surface area contributed by atoms with E-state index in [1.165, 1.54) is 6.07 Å².